The summed E-state index contributed by atoms with van der Waals surface area (Å²) in [6, 6.07) is -1.02. The van der Waals surface area contributed by atoms with Gasteiger partial charge in [0.25, 0.3) is 0 Å². The van der Waals surface area contributed by atoms with Crippen molar-refractivity contribution >= 4 is 11.9 Å². The number of carbonyl (C=O) groups is 2. The van der Waals surface area contributed by atoms with Gasteiger partial charge in [-0.15, -0.1) is 0 Å². The Morgan fingerprint density at radius 3 is 1.32 bits per heavy atom. The third kappa shape index (κ3) is 44.1. The van der Waals surface area contributed by atoms with Gasteiger partial charge in [0.2, 0.25) is 5.91 Å². The Balaban J connectivity index is 2.57. The van der Waals surface area contributed by atoms with Crippen LogP contribution in [0.4, 0.5) is 0 Å². The topological polar surface area (TPSA) is 175 Å². The van der Waals surface area contributed by atoms with Gasteiger partial charge in [-0.2, -0.15) is 0 Å². The van der Waals surface area contributed by atoms with Crippen molar-refractivity contribution in [2.45, 2.75) is 372 Å². The smallest absolute Gasteiger partial charge is 0.306 e. The number of aliphatic hydroxyl groups is 5. The number of hydrogen-bond acceptors (Lipinski definition) is 10. The molecular formula is C68H127NO10. The third-order valence-corrected chi connectivity index (χ3v) is 16.0. The molecule has 0 saturated carbocycles. The van der Waals surface area contributed by atoms with Gasteiger partial charge in [0.1, 0.15) is 24.4 Å². The highest BCUT2D eigenvalue weighted by Gasteiger charge is 2.47. The minimum Gasteiger partial charge on any atom is -0.454 e. The number of amides is 1. The first-order valence-corrected chi connectivity index (χ1v) is 33.8. The van der Waals surface area contributed by atoms with E-state index < -0.39 is 67.4 Å². The van der Waals surface area contributed by atoms with Crippen LogP contribution in [0.3, 0.4) is 0 Å². The Labute approximate surface area is 485 Å². The van der Waals surface area contributed by atoms with Crippen LogP contribution in [0.1, 0.15) is 323 Å². The lowest BCUT2D eigenvalue weighted by atomic mass is 9.99. The average molecular weight is 1120 g/mol. The lowest BCUT2D eigenvalue weighted by Crippen LogP contribution is -2.61. The van der Waals surface area contributed by atoms with E-state index in [0.717, 1.165) is 64.2 Å². The van der Waals surface area contributed by atoms with Crippen LogP contribution in [0.15, 0.2) is 36.5 Å². The number of unbranched alkanes of at least 4 members (excludes halogenated alkanes) is 40. The van der Waals surface area contributed by atoms with Gasteiger partial charge in [0, 0.05) is 6.42 Å². The van der Waals surface area contributed by atoms with E-state index in [1.807, 2.05) is 6.08 Å². The van der Waals surface area contributed by atoms with E-state index in [4.69, 9.17) is 14.2 Å². The lowest BCUT2D eigenvalue weighted by molar-refractivity contribution is -0.305. The van der Waals surface area contributed by atoms with Crippen LogP contribution in [0.25, 0.3) is 0 Å². The van der Waals surface area contributed by atoms with E-state index in [1.54, 1.807) is 6.08 Å². The maximum Gasteiger partial charge on any atom is 0.306 e. The zero-order valence-electron chi connectivity index (χ0n) is 51.5. The van der Waals surface area contributed by atoms with E-state index in [2.05, 4.69) is 50.4 Å². The second kappa shape index (κ2) is 56.4. The molecule has 1 rings (SSSR count). The standard InChI is InChI=1S/C68H127NO10/c1-4-7-10-13-16-19-22-24-26-28-29-30-31-32-33-34-36-38-41-44-47-50-53-56-63(73)79-66-65(75)64(74)62(57-70)78-68(66)77-58-59(60(71)54-51-48-45-42-39-21-18-15-12-9-6-3)69-67(76)61(72)55-52-49-46-43-40-37-35-27-25-23-20-17-14-11-8-5-2/h16,19,24,26,51,54,59-62,64-66,68,70-72,74-75H,4-15,17-18,20-23,25,27-50,52-53,55-58H2,1-3H3,(H,69,76)/b19-16-,26-24-,54-51+. The first kappa shape index (κ1) is 74.9. The monoisotopic (exact) mass is 1120 g/mol. The van der Waals surface area contributed by atoms with Gasteiger partial charge >= 0.3 is 5.97 Å². The van der Waals surface area contributed by atoms with Gasteiger partial charge in [-0.3, -0.25) is 9.59 Å². The summed E-state index contributed by atoms with van der Waals surface area (Å²) in [5.74, 6) is -1.18. The number of carbonyl (C=O) groups excluding carboxylic acids is 2. The Hall–Kier alpha value is -2.12. The molecule has 8 unspecified atom stereocenters. The molecule has 0 aliphatic carbocycles. The quantitative estimate of drug-likeness (QED) is 0.0195. The van der Waals surface area contributed by atoms with Gasteiger partial charge in [-0.25, -0.2) is 0 Å². The van der Waals surface area contributed by atoms with Crippen LogP contribution >= 0.6 is 0 Å². The van der Waals surface area contributed by atoms with Crippen molar-refractivity contribution in [2.75, 3.05) is 13.2 Å². The normalized spacial score (nSPS) is 19.0. The summed E-state index contributed by atoms with van der Waals surface area (Å²) in [7, 11) is 0. The zero-order valence-corrected chi connectivity index (χ0v) is 51.5. The van der Waals surface area contributed by atoms with Crippen LogP contribution in [0.2, 0.25) is 0 Å². The van der Waals surface area contributed by atoms with Crippen LogP contribution < -0.4 is 5.32 Å². The molecule has 0 spiro atoms. The van der Waals surface area contributed by atoms with Crippen molar-refractivity contribution in [3.05, 3.63) is 36.5 Å². The molecule has 0 aromatic rings. The molecule has 79 heavy (non-hydrogen) atoms. The Bertz CT molecular complexity index is 1420. The molecule has 11 nitrogen and oxygen atoms in total. The molecular weight excluding hydrogens is 991 g/mol. The second-order valence-electron chi connectivity index (χ2n) is 23.6. The highest BCUT2D eigenvalue weighted by atomic mass is 16.7. The van der Waals surface area contributed by atoms with Gasteiger partial charge in [-0.05, 0) is 57.8 Å². The number of aliphatic hydroxyl groups excluding tert-OH is 5. The van der Waals surface area contributed by atoms with E-state index in [-0.39, 0.29) is 13.0 Å². The SMILES string of the molecule is CCCCC/C=C\C/C=C\CCCCCCCCCCCCCCCC(=O)OC1C(OCC(NC(=O)C(O)CCCCCCCCCCCCCCCCCC)C(O)/C=C/CCCCCCCCCCC)OC(CO)C(O)C1O. The first-order valence-electron chi connectivity index (χ1n) is 33.8. The fourth-order valence-corrected chi connectivity index (χ4v) is 10.7. The highest BCUT2D eigenvalue weighted by Crippen LogP contribution is 2.26. The lowest BCUT2D eigenvalue weighted by Gasteiger charge is -2.41. The highest BCUT2D eigenvalue weighted by molar-refractivity contribution is 5.80. The molecule has 1 amide bonds. The molecule has 0 radical (unpaired) electrons. The summed E-state index contributed by atoms with van der Waals surface area (Å²) in [4.78, 5) is 26.6. The van der Waals surface area contributed by atoms with Gasteiger partial charge in [0.15, 0.2) is 12.4 Å². The van der Waals surface area contributed by atoms with E-state index in [9.17, 15) is 35.1 Å². The van der Waals surface area contributed by atoms with Gasteiger partial charge < -0.3 is 45.1 Å². The predicted octanol–water partition coefficient (Wildman–Crippen LogP) is 16.6. The molecule has 0 aromatic carbocycles. The maximum absolute atomic E-state index is 13.4. The number of nitrogens with one attached hydrogen (secondary N) is 1. The van der Waals surface area contributed by atoms with Crippen molar-refractivity contribution in [1.29, 1.82) is 0 Å². The Morgan fingerprint density at radius 2 is 0.873 bits per heavy atom. The van der Waals surface area contributed by atoms with Crippen molar-refractivity contribution < 1.29 is 49.3 Å². The molecule has 6 N–H and O–H groups in total. The first-order chi connectivity index (χ1) is 38.7. The van der Waals surface area contributed by atoms with Gasteiger partial charge in [-0.1, -0.05) is 295 Å². The maximum atomic E-state index is 13.4. The molecule has 1 aliphatic rings. The number of hydrogen-bond donors (Lipinski definition) is 6. The molecule has 8 atom stereocenters. The minimum absolute atomic E-state index is 0.126. The molecule has 0 aromatic heterocycles. The largest absolute Gasteiger partial charge is 0.454 e. The summed E-state index contributed by atoms with van der Waals surface area (Å²) >= 11 is 0. The summed E-state index contributed by atoms with van der Waals surface area (Å²) in [5, 5.41) is 57.1. The number of allylic oxidation sites excluding steroid dienone is 5. The number of ether oxygens (including phenoxy) is 3. The average Bonchev–Trinajstić information content (AvgIpc) is 3.47. The van der Waals surface area contributed by atoms with Crippen molar-refractivity contribution in [3.63, 3.8) is 0 Å². The molecule has 0 bridgehead atoms. The molecule has 1 aliphatic heterocycles. The van der Waals surface area contributed by atoms with E-state index >= 15 is 0 Å². The summed E-state index contributed by atoms with van der Waals surface area (Å²) in [5.41, 5.74) is 0. The van der Waals surface area contributed by atoms with Crippen LogP contribution in [-0.4, -0.2) is 99.6 Å². The van der Waals surface area contributed by atoms with Crippen molar-refractivity contribution in [3.8, 4) is 0 Å². The Morgan fingerprint density at radius 1 is 0.494 bits per heavy atom. The van der Waals surface area contributed by atoms with Crippen LogP contribution in [0.5, 0.6) is 0 Å². The fourth-order valence-electron chi connectivity index (χ4n) is 10.7. The van der Waals surface area contributed by atoms with E-state index in [1.165, 1.54) is 212 Å². The summed E-state index contributed by atoms with van der Waals surface area (Å²) < 4.78 is 17.7. The Kier molecular flexibility index (Phi) is 53.4. The molecule has 464 valence electrons. The number of esters is 1. The van der Waals surface area contributed by atoms with Crippen molar-refractivity contribution in [1.82, 2.24) is 5.32 Å². The van der Waals surface area contributed by atoms with Gasteiger partial charge in [0.05, 0.1) is 25.4 Å². The molecule has 11 heteroatoms. The van der Waals surface area contributed by atoms with Crippen molar-refractivity contribution in [2.24, 2.45) is 0 Å². The number of rotatable bonds is 58. The second-order valence-corrected chi connectivity index (χ2v) is 23.6. The van der Waals surface area contributed by atoms with E-state index in [0.29, 0.717) is 19.3 Å². The van der Waals surface area contributed by atoms with Crippen LogP contribution in [0, 0.1) is 0 Å². The minimum atomic E-state index is -1.61. The third-order valence-electron chi connectivity index (χ3n) is 16.0. The summed E-state index contributed by atoms with van der Waals surface area (Å²) in [6.07, 6.45) is 57.6. The molecule has 1 heterocycles. The fraction of sp³-hybridized carbons (Fsp3) is 0.882. The van der Waals surface area contributed by atoms with Crippen LogP contribution in [-0.2, 0) is 23.8 Å². The summed E-state index contributed by atoms with van der Waals surface area (Å²) in [6.45, 7) is 5.80. The predicted molar refractivity (Wildman–Crippen MR) is 329 cm³/mol. The molecule has 1 saturated heterocycles. The zero-order chi connectivity index (χ0) is 57.5. The molecule has 1 fully saturated rings.